The van der Waals surface area contributed by atoms with Crippen LogP contribution in [0.2, 0.25) is 0 Å². The van der Waals surface area contributed by atoms with Crippen molar-refractivity contribution in [2.75, 3.05) is 0 Å². The van der Waals surface area contributed by atoms with Gasteiger partial charge in [0.25, 0.3) is 0 Å². The number of aryl methyl sites for hydroxylation is 1. The molecule has 0 saturated heterocycles. The molecule has 18 heavy (non-hydrogen) atoms. The maximum Gasteiger partial charge on any atom is 0.146 e. The standard InChI is InChI=1S/C13H21N5/c1-2-18-10-16-17-13(18)9-15-12-7-5-3-4-6-11(12)8-14/h10-12,15H,2-7,9H2,1H3. The molecule has 2 rings (SSSR count). The number of aromatic nitrogens is 3. The van der Waals surface area contributed by atoms with E-state index in [4.69, 9.17) is 0 Å². The van der Waals surface area contributed by atoms with E-state index >= 15 is 0 Å². The van der Waals surface area contributed by atoms with Gasteiger partial charge in [-0.2, -0.15) is 5.26 Å². The first-order chi connectivity index (χ1) is 8.85. The average molecular weight is 247 g/mol. The number of rotatable bonds is 4. The molecule has 1 heterocycles. The molecular formula is C13H21N5. The lowest BCUT2D eigenvalue weighted by Gasteiger charge is -2.20. The molecule has 5 nitrogen and oxygen atoms in total. The average Bonchev–Trinajstić information content (AvgIpc) is 2.73. The second-order valence-electron chi connectivity index (χ2n) is 4.89. The summed E-state index contributed by atoms with van der Waals surface area (Å²) in [6, 6.07) is 2.75. The van der Waals surface area contributed by atoms with Gasteiger partial charge in [0.15, 0.2) is 0 Å². The van der Waals surface area contributed by atoms with E-state index in [1.807, 2.05) is 4.57 Å². The molecule has 1 aromatic rings. The minimum atomic E-state index is 0.144. The van der Waals surface area contributed by atoms with Crippen LogP contribution in [0.4, 0.5) is 0 Å². The number of hydrogen-bond donors (Lipinski definition) is 1. The zero-order valence-electron chi connectivity index (χ0n) is 11.0. The van der Waals surface area contributed by atoms with Crippen LogP contribution in [0.15, 0.2) is 6.33 Å². The van der Waals surface area contributed by atoms with Gasteiger partial charge in [0, 0.05) is 12.6 Å². The molecule has 0 aromatic carbocycles. The highest BCUT2D eigenvalue weighted by Crippen LogP contribution is 2.23. The SMILES string of the molecule is CCn1cnnc1CNC1CCCCCC1C#N. The maximum absolute atomic E-state index is 9.22. The van der Waals surface area contributed by atoms with Crippen LogP contribution >= 0.6 is 0 Å². The topological polar surface area (TPSA) is 66.5 Å². The molecule has 0 amide bonds. The molecule has 1 N–H and O–H groups in total. The smallest absolute Gasteiger partial charge is 0.146 e. The predicted octanol–water partition coefficient (Wildman–Crippen LogP) is 1.86. The lowest BCUT2D eigenvalue weighted by Crippen LogP contribution is -2.35. The summed E-state index contributed by atoms with van der Waals surface area (Å²) in [6.07, 6.45) is 7.53. The van der Waals surface area contributed by atoms with Crippen LogP contribution in [-0.2, 0) is 13.1 Å². The highest BCUT2D eigenvalue weighted by atomic mass is 15.3. The Morgan fingerprint density at radius 3 is 3.06 bits per heavy atom. The Kier molecular flexibility index (Phi) is 4.71. The van der Waals surface area contributed by atoms with Gasteiger partial charge in [-0.25, -0.2) is 0 Å². The highest BCUT2D eigenvalue weighted by Gasteiger charge is 2.23. The van der Waals surface area contributed by atoms with E-state index in [0.717, 1.165) is 25.2 Å². The van der Waals surface area contributed by atoms with Crippen LogP contribution in [0.3, 0.4) is 0 Å². The van der Waals surface area contributed by atoms with Gasteiger partial charge in [0.1, 0.15) is 12.2 Å². The summed E-state index contributed by atoms with van der Waals surface area (Å²) in [5.74, 6) is 1.10. The Morgan fingerprint density at radius 2 is 2.28 bits per heavy atom. The van der Waals surface area contributed by atoms with E-state index in [-0.39, 0.29) is 5.92 Å². The third-order valence-electron chi connectivity index (χ3n) is 3.74. The molecular weight excluding hydrogens is 226 g/mol. The largest absolute Gasteiger partial charge is 0.317 e. The number of hydrogen-bond acceptors (Lipinski definition) is 4. The van der Waals surface area contributed by atoms with Gasteiger partial charge in [0.05, 0.1) is 18.5 Å². The second-order valence-corrected chi connectivity index (χ2v) is 4.89. The Labute approximate surface area is 108 Å². The summed E-state index contributed by atoms with van der Waals surface area (Å²) >= 11 is 0. The first kappa shape index (κ1) is 13.0. The van der Waals surface area contributed by atoms with Crippen molar-refractivity contribution in [3.05, 3.63) is 12.2 Å². The third-order valence-corrected chi connectivity index (χ3v) is 3.74. The van der Waals surface area contributed by atoms with E-state index in [1.54, 1.807) is 6.33 Å². The van der Waals surface area contributed by atoms with Crippen LogP contribution in [0.1, 0.15) is 44.9 Å². The van der Waals surface area contributed by atoms with Crippen molar-refractivity contribution in [2.24, 2.45) is 5.92 Å². The molecule has 0 bridgehead atoms. The quantitative estimate of drug-likeness (QED) is 0.825. The normalized spacial score (nSPS) is 24.4. The van der Waals surface area contributed by atoms with E-state index < -0.39 is 0 Å². The maximum atomic E-state index is 9.22. The van der Waals surface area contributed by atoms with Crippen molar-refractivity contribution in [3.63, 3.8) is 0 Å². The Balaban J connectivity index is 1.93. The zero-order chi connectivity index (χ0) is 12.8. The molecule has 1 fully saturated rings. The van der Waals surface area contributed by atoms with Crippen LogP contribution < -0.4 is 5.32 Å². The Hall–Kier alpha value is -1.41. The van der Waals surface area contributed by atoms with Crippen molar-refractivity contribution in [1.29, 1.82) is 5.26 Å². The fourth-order valence-corrected chi connectivity index (χ4v) is 2.61. The van der Waals surface area contributed by atoms with Gasteiger partial charge >= 0.3 is 0 Å². The summed E-state index contributed by atoms with van der Waals surface area (Å²) in [7, 11) is 0. The molecule has 0 aliphatic heterocycles. The van der Waals surface area contributed by atoms with Gasteiger partial charge in [-0.15, -0.1) is 10.2 Å². The van der Waals surface area contributed by atoms with Gasteiger partial charge in [-0.05, 0) is 19.8 Å². The molecule has 0 spiro atoms. The Bertz CT molecular complexity index is 406. The van der Waals surface area contributed by atoms with Crippen molar-refractivity contribution in [2.45, 2.75) is 58.2 Å². The van der Waals surface area contributed by atoms with Crippen molar-refractivity contribution in [1.82, 2.24) is 20.1 Å². The van der Waals surface area contributed by atoms with Crippen LogP contribution in [0.25, 0.3) is 0 Å². The minimum absolute atomic E-state index is 0.144. The van der Waals surface area contributed by atoms with Crippen LogP contribution in [0.5, 0.6) is 0 Å². The summed E-state index contributed by atoms with van der Waals surface area (Å²) in [5, 5.41) is 20.8. The summed E-state index contributed by atoms with van der Waals surface area (Å²) in [5.41, 5.74) is 0. The molecule has 1 saturated carbocycles. The first-order valence-corrected chi connectivity index (χ1v) is 6.84. The lowest BCUT2D eigenvalue weighted by molar-refractivity contribution is 0.386. The molecule has 1 aliphatic carbocycles. The minimum Gasteiger partial charge on any atom is -0.317 e. The van der Waals surface area contributed by atoms with Gasteiger partial charge in [-0.3, -0.25) is 0 Å². The fourth-order valence-electron chi connectivity index (χ4n) is 2.61. The fraction of sp³-hybridized carbons (Fsp3) is 0.769. The highest BCUT2D eigenvalue weighted by molar-refractivity contribution is 4.95. The first-order valence-electron chi connectivity index (χ1n) is 6.84. The van der Waals surface area contributed by atoms with Crippen molar-refractivity contribution in [3.8, 4) is 6.07 Å². The molecule has 1 aromatic heterocycles. The molecule has 98 valence electrons. The number of nitrogens with zero attached hydrogens (tertiary/aromatic N) is 4. The van der Waals surface area contributed by atoms with E-state index in [0.29, 0.717) is 12.6 Å². The molecule has 0 radical (unpaired) electrons. The van der Waals surface area contributed by atoms with Gasteiger partial charge in [-0.1, -0.05) is 19.3 Å². The van der Waals surface area contributed by atoms with Crippen LogP contribution in [-0.4, -0.2) is 20.8 Å². The molecule has 2 unspecified atom stereocenters. The molecule has 1 aliphatic rings. The molecule has 2 atom stereocenters. The third kappa shape index (κ3) is 3.08. The summed E-state index contributed by atoms with van der Waals surface area (Å²) < 4.78 is 2.03. The monoisotopic (exact) mass is 247 g/mol. The predicted molar refractivity (Wildman–Crippen MR) is 68.5 cm³/mol. The Morgan fingerprint density at radius 1 is 1.44 bits per heavy atom. The number of nitrogens with one attached hydrogen (secondary N) is 1. The van der Waals surface area contributed by atoms with E-state index in [1.165, 1.54) is 19.3 Å². The summed E-state index contributed by atoms with van der Waals surface area (Å²) in [6.45, 7) is 3.67. The summed E-state index contributed by atoms with van der Waals surface area (Å²) in [4.78, 5) is 0. The van der Waals surface area contributed by atoms with E-state index in [2.05, 4.69) is 28.5 Å². The van der Waals surface area contributed by atoms with Crippen molar-refractivity contribution >= 4 is 0 Å². The zero-order valence-corrected chi connectivity index (χ0v) is 11.0. The second kappa shape index (κ2) is 6.50. The lowest BCUT2D eigenvalue weighted by atomic mass is 9.96. The molecule has 5 heteroatoms. The van der Waals surface area contributed by atoms with E-state index in [9.17, 15) is 5.26 Å². The van der Waals surface area contributed by atoms with Gasteiger partial charge in [0.2, 0.25) is 0 Å². The van der Waals surface area contributed by atoms with Gasteiger partial charge < -0.3 is 9.88 Å². The number of nitriles is 1. The van der Waals surface area contributed by atoms with Crippen LogP contribution in [0, 0.1) is 17.2 Å². The van der Waals surface area contributed by atoms with Crippen molar-refractivity contribution < 1.29 is 0 Å².